The van der Waals surface area contributed by atoms with Crippen LogP contribution in [0.15, 0.2) is 54.9 Å². The van der Waals surface area contributed by atoms with Crippen molar-refractivity contribution in [1.82, 2.24) is 14.9 Å². The summed E-state index contributed by atoms with van der Waals surface area (Å²) >= 11 is 6.12. The number of hydrogen-bond donors (Lipinski definition) is 2. The van der Waals surface area contributed by atoms with Gasteiger partial charge in [-0.1, -0.05) is 17.7 Å². The Hall–Kier alpha value is -3.49. The number of nitrogens with one attached hydrogen (secondary N) is 2. The molecule has 1 aromatic carbocycles. The molecule has 0 saturated carbocycles. The molecular formula is C25H27ClN6O2. The highest BCUT2D eigenvalue weighted by Crippen LogP contribution is 2.23. The van der Waals surface area contributed by atoms with Gasteiger partial charge in [0.15, 0.2) is 0 Å². The monoisotopic (exact) mass is 478 g/mol. The summed E-state index contributed by atoms with van der Waals surface area (Å²) in [6, 6.07) is 11.9. The molecule has 34 heavy (non-hydrogen) atoms. The average molecular weight is 479 g/mol. The van der Waals surface area contributed by atoms with E-state index in [0.29, 0.717) is 16.5 Å². The van der Waals surface area contributed by atoms with Crippen LogP contribution in [-0.4, -0.2) is 59.9 Å². The van der Waals surface area contributed by atoms with Crippen LogP contribution in [0.4, 0.5) is 17.2 Å². The molecule has 3 heterocycles. The number of nitrogens with zero attached hydrogens (tertiary/aromatic N) is 4. The molecule has 0 aliphatic carbocycles. The minimum absolute atomic E-state index is 0.230. The standard InChI is InChI=1S/C25H27ClN6O2/c1-17-4-9-23(28-15-17)30-24(33)20-14-18(26)5-7-21(20)29-25(34)22-8-6-19(16-27-22)32-11-3-10-31(2)12-13-32/h4-9,14-16H,3,10-13H2,1-2H3,(H,29,34)(H,28,30,33). The Morgan fingerprint density at radius 1 is 0.912 bits per heavy atom. The third kappa shape index (κ3) is 5.89. The molecule has 176 valence electrons. The van der Waals surface area contributed by atoms with Gasteiger partial charge in [0.05, 0.1) is 23.1 Å². The second kappa shape index (κ2) is 10.6. The first kappa shape index (κ1) is 23.7. The van der Waals surface area contributed by atoms with Crippen LogP contribution in [0.25, 0.3) is 0 Å². The van der Waals surface area contributed by atoms with Crippen LogP contribution < -0.4 is 15.5 Å². The second-order valence-corrected chi connectivity index (χ2v) is 8.80. The second-order valence-electron chi connectivity index (χ2n) is 8.36. The molecule has 0 atom stereocenters. The van der Waals surface area contributed by atoms with Crippen molar-refractivity contribution in [3.8, 4) is 0 Å². The van der Waals surface area contributed by atoms with Crippen molar-refractivity contribution >= 4 is 40.6 Å². The maximum Gasteiger partial charge on any atom is 0.274 e. The van der Waals surface area contributed by atoms with Gasteiger partial charge in [-0.3, -0.25) is 9.59 Å². The maximum atomic E-state index is 12.9. The van der Waals surface area contributed by atoms with E-state index in [2.05, 4.69) is 37.4 Å². The third-order valence-corrected chi connectivity index (χ3v) is 5.93. The number of aryl methyl sites for hydroxylation is 1. The number of hydrogen-bond acceptors (Lipinski definition) is 6. The predicted molar refractivity (Wildman–Crippen MR) is 135 cm³/mol. The summed E-state index contributed by atoms with van der Waals surface area (Å²) in [7, 11) is 2.12. The van der Waals surface area contributed by atoms with Gasteiger partial charge in [0.2, 0.25) is 0 Å². The lowest BCUT2D eigenvalue weighted by Gasteiger charge is -2.22. The molecule has 4 rings (SSSR count). The van der Waals surface area contributed by atoms with Gasteiger partial charge in [-0.15, -0.1) is 0 Å². The van der Waals surface area contributed by atoms with Crippen molar-refractivity contribution in [2.75, 3.05) is 48.8 Å². The van der Waals surface area contributed by atoms with Gasteiger partial charge in [0.25, 0.3) is 11.8 Å². The van der Waals surface area contributed by atoms with Crippen molar-refractivity contribution in [3.05, 3.63) is 76.7 Å². The molecule has 0 bridgehead atoms. The van der Waals surface area contributed by atoms with E-state index in [-0.39, 0.29) is 11.3 Å². The van der Waals surface area contributed by atoms with E-state index < -0.39 is 11.8 Å². The van der Waals surface area contributed by atoms with Crippen molar-refractivity contribution in [2.24, 2.45) is 0 Å². The Balaban J connectivity index is 1.47. The molecular weight excluding hydrogens is 452 g/mol. The molecule has 8 nitrogen and oxygen atoms in total. The summed E-state index contributed by atoms with van der Waals surface area (Å²) in [5.41, 5.74) is 2.80. The lowest BCUT2D eigenvalue weighted by molar-refractivity contribution is 0.102. The van der Waals surface area contributed by atoms with Crippen LogP contribution in [0.1, 0.15) is 32.8 Å². The number of amides is 2. The first-order valence-corrected chi connectivity index (χ1v) is 11.5. The quantitative estimate of drug-likeness (QED) is 0.574. The molecule has 3 aromatic rings. The summed E-state index contributed by atoms with van der Waals surface area (Å²) in [5.74, 6) is -0.430. The van der Waals surface area contributed by atoms with Crippen LogP contribution in [0, 0.1) is 6.92 Å². The highest BCUT2D eigenvalue weighted by molar-refractivity contribution is 6.31. The molecule has 9 heteroatoms. The summed E-state index contributed by atoms with van der Waals surface area (Å²) in [5, 5.41) is 5.90. The summed E-state index contributed by atoms with van der Waals surface area (Å²) < 4.78 is 0. The number of likely N-dealkylation sites (N-methyl/N-ethyl adjacent to an activating group) is 1. The van der Waals surface area contributed by atoms with Gasteiger partial charge >= 0.3 is 0 Å². The van der Waals surface area contributed by atoms with E-state index in [1.165, 1.54) is 6.07 Å². The molecule has 0 spiro atoms. The third-order valence-electron chi connectivity index (χ3n) is 5.69. The Morgan fingerprint density at radius 3 is 2.50 bits per heavy atom. The van der Waals surface area contributed by atoms with E-state index in [1.54, 1.807) is 36.7 Å². The van der Waals surface area contributed by atoms with E-state index in [9.17, 15) is 9.59 Å². The molecule has 1 aliphatic heterocycles. The average Bonchev–Trinajstić information content (AvgIpc) is 3.06. The smallest absolute Gasteiger partial charge is 0.274 e. The fraction of sp³-hybridized carbons (Fsp3) is 0.280. The van der Waals surface area contributed by atoms with Gasteiger partial charge in [-0.25, -0.2) is 9.97 Å². The number of pyridine rings is 2. The molecule has 0 radical (unpaired) electrons. The van der Waals surface area contributed by atoms with E-state index in [4.69, 9.17) is 11.6 Å². The first-order valence-electron chi connectivity index (χ1n) is 11.1. The number of rotatable bonds is 5. The molecule has 2 amide bonds. The number of anilines is 3. The molecule has 1 aliphatic rings. The van der Waals surface area contributed by atoms with Crippen LogP contribution >= 0.6 is 11.6 Å². The molecule has 1 fully saturated rings. The van der Waals surface area contributed by atoms with Gasteiger partial charge in [0, 0.05) is 30.9 Å². The zero-order valence-electron chi connectivity index (χ0n) is 19.2. The highest BCUT2D eigenvalue weighted by Gasteiger charge is 2.18. The van der Waals surface area contributed by atoms with Crippen LogP contribution in [-0.2, 0) is 0 Å². The first-order chi connectivity index (χ1) is 16.4. The summed E-state index contributed by atoms with van der Waals surface area (Å²) in [6.45, 7) is 5.85. The molecule has 2 aromatic heterocycles. The zero-order valence-corrected chi connectivity index (χ0v) is 20.0. The van der Waals surface area contributed by atoms with Crippen molar-refractivity contribution in [2.45, 2.75) is 13.3 Å². The minimum atomic E-state index is -0.427. The SMILES string of the molecule is Cc1ccc(NC(=O)c2cc(Cl)ccc2NC(=O)c2ccc(N3CCCN(C)CC3)cn2)nc1. The van der Waals surface area contributed by atoms with Gasteiger partial charge in [0.1, 0.15) is 11.5 Å². The lowest BCUT2D eigenvalue weighted by Crippen LogP contribution is -2.28. The molecule has 1 saturated heterocycles. The zero-order chi connectivity index (χ0) is 24.1. The Labute approximate surface area is 204 Å². The number of halogens is 1. The van der Waals surface area contributed by atoms with E-state index in [0.717, 1.165) is 43.9 Å². The number of carbonyl (C=O) groups excluding carboxylic acids is 2. The van der Waals surface area contributed by atoms with Crippen molar-refractivity contribution in [3.63, 3.8) is 0 Å². The van der Waals surface area contributed by atoms with Crippen LogP contribution in [0.3, 0.4) is 0 Å². The maximum absolute atomic E-state index is 12.9. The van der Waals surface area contributed by atoms with Crippen molar-refractivity contribution in [1.29, 1.82) is 0 Å². The largest absolute Gasteiger partial charge is 0.369 e. The predicted octanol–water partition coefficient (Wildman–Crippen LogP) is 4.08. The van der Waals surface area contributed by atoms with Gasteiger partial charge in [-0.2, -0.15) is 0 Å². The minimum Gasteiger partial charge on any atom is -0.369 e. The van der Waals surface area contributed by atoms with Crippen molar-refractivity contribution < 1.29 is 9.59 Å². The van der Waals surface area contributed by atoms with Gasteiger partial charge in [-0.05, 0) is 68.9 Å². The number of carbonyl (C=O) groups is 2. The molecule has 0 unspecified atom stereocenters. The van der Waals surface area contributed by atoms with E-state index in [1.807, 2.05) is 19.1 Å². The fourth-order valence-corrected chi connectivity index (χ4v) is 3.91. The Bertz CT molecular complexity index is 1170. The van der Waals surface area contributed by atoms with Crippen LogP contribution in [0.2, 0.25) is 5.02 Å². The summed E-state index contributed by atoms with van der Waals surface area (Å²) in [4.78, 5) is 38.9. The lowest BCUT2D eigenvalue weighted by atomic mass is 10.1. The van der Waals surface area contributed by atoms with Crippen LogP contribution in [0.5, 0.6) is 0 Å². The topological polar surface area (TPSA) is 90.5 Å². The normalized spacial score (nSPS) is 14.4. The van der Waals surface area contributed by atoms with Gasteiger partial charge < -0.3 is 20.4 Å². The Kier molecular flexibility index (Phi) is 7.40. The summed E-state index contributed by atoms with van der Waals surface area (Å²) in [6.07, 6.45) is 4.46. The fourth-order valence-electron chi connectivity index (χ4n) is 3.74. The Morgan fingerprint density at radius 2 is 1.76 bits per heavy atom. The van der Waals surface area contributed by atoms with E-state index >= 15 is 0 Å². The number of benzene rings is 1. The highest BCUT2D eigenvalue weighted by atomic mass is 35.5. The number of aromatic nitrogens is 2. The molecule has 2 N–H and O–H groups in total.